The van der Waals surface area contributed by atoms with Crippen LogP contribution in [0.15, 0.2) is 29.3 Å². The minimum absolute atomic E-state index is 0. The predicted octanol–water partition coefficient (Wildman–Crippen LogP) is 3.26. The number of piperidine rings is 1. The van der Waals surface area contributed by atoms with Gasteiger partial charge in [0.1, 0.15) is 5.82 Å². The van der Waals surface area contributed by atoms with Crippen LogP contribution in [0.4, 0.5) is 10.1 Å². The van der Waals surface area contributed by atoms with E-state index in [9.17, 15) is 4.39 Å². The van der Waals surface area contributed by atoms with Crippen LogP contribution in [0.1, 0.15) is 26.7 Å². The minimum atomic E-state index is -0.177. The molecule has 0 spiro atoms. The van der Waals surface area contributed by atoms with Crippen LogP contribution in [-0.2, 0) is 0 Å². The zero-order valence-electron chi connectivity index (χ0n) is 17.2. The summed E-state index contributed by atoms with van der Waals surface area (Å²) in [6, 6.07) is 6.81. The van der Waals surface area contributed by atoms with Crippen molar-refractivity contribution < 1.29 is 4.39 Å². The van der Waals surface area contributed by atoms with Gasteiger partial charge in [-0.05, 0) is 63.0 Å². The normalized spacial score (nSPS) is 21.4. The van der Waals surface area contributed by atoms with Gasteiger partial charge in [0, 0.05) is 51.5 Å². The van der Waals surface area contributed by atoms with Crippen LogP contribution < -0.4 is 10.2 Å². The van der Waals surface area contributed by atoms with Crippen molar-refractivity contribution in [3.8, 4) is 0 Å². The van der Waals surface area contributed by atoms with Crippen LogP contribution in [0.25, 0.3) is 0 Å². The number of rotatable bonds is 5. The Morgan fingerprint density at radius 2 is 1.82 bits per heavy atom. The summed E-state index contributed by atoms with van der Waals surface area (Å²) in [6.45, 7) is 13.5. The average molecular weight is 503 g/mol. The van der Waals surface area contributed by atoms with E-state index in [0.29, 0.717) is 5.92 Å². The highest BCUT2D eigenvalue weighted by Crippen LogP contribution is 2.18. The summed E-state index contributed by atoms with van der Waals surface area (Å²) in [5.74, 6) is 1.54. The van der Waals surface area contributed by atoms with Crippen LogP contribution >= 0.6 is 24.0 Å². The number of anilines is 1. The highest BCUT2D eigenvalue weighted by Gasteiger charge is 2.22. The Morgan fingerprint density at radius 3 is 2.46 bits per heavy atom. The Balaban J connectivity index is 0.00000280. The molecule has 1 atom stereocenters. The van der Waals surface area contributed by atoms with Gasteiger partial charge in [0.05, 0.1) is 0 Å². The fourth-order valence-electron chi connectivity index (χ4n) is 4.06. The van der Waals surface area contributed by atoms with E-state index in [1.165, 1.54) is 38.1 Å². The largest absolute Gasteiger partial charge is 0.368 e. The average Bonchev–Trinajstić information content (AvgIpc) is 2.72. The molecule has 28 heavy (non-hydrogen) atoms. The second kappa shape index (κ2) is 11.8. The maximum Gasteiger partial charge on any atom is 0.194 e. The van der Waals surface area contributed by atoms with Gasteiger partial charge >= 0.3 is 0 Å². The first-order chi connectivity index (χ1) is 13.2. The lowest BCUT2D eigenvalue weighted by Gasteiger charge is -2.38. The van der Waals surface area contributed by atoms with E-state index in [0.717, 1.165) is 57.5 Å². The summed E-state index contributed by atoms with van der Waals surface area (Å²) in [5.41, 5.74) is 1.10. The zero-order valence-corrected chi connectivity index (χ0v) is 19.6. The van der Waals surface area contributed by atoms with Crippen molar-refractivity contribution in [3.05, 3.63) is 30.1 Å². The van der Waals surface area contributed by atoms with Crippen molar-refractivity contribution >= 4 is 35.6 Å². The number of likely N-dealkylation sites (tertiary alicyclic amines) is 1. The van der Waals surface area contributed by atoms with Gasteiger partial charge in [0.25, 0.3) is 0 Å². The molecule has 1 N–H and O–H groups in total. The Morgan fingerprint density at radius 1 is 1.11 bits per heavy atom. The van der Waals surface area contributed by atoms with E-state index >= 15 is 0 Å². The van der Waals surface area contributed by atoms with Crippen LogP contribution in [0.3, 0.4) is 0 Å². The van der Waals surface area contributed by atoms with Crippen LogP contribution in [0.2, 0.25) is 0 Å². The molecule has 0 radical (unpaired) electrons. The number of benzene rings is 1. The number of hydrogen-bond acceptors (Lipinski definition) is 3. The van der Waals surface area contributed by atoms with Gasteiger partial charge in [0.15, 0.2) is 5.96 Å². The Labute approximate surface area is 186 Å². The lowest BCUT2D eigenvalue weighted by atomic mass is 9.98. The molecule has 7 heteroatoms. The molecule has 0 aliphatic carbocycles. The number of hydrogen-bond donors (Lipinski definition) is 1. The Bertz CT molecular complexity index is 601. The predicted molar refractivity (Wildman–Crippen MR) is 126 cm³/mol. The number of nitrogens with zero attached hydrogens (tertiary/aromatic N) is 4. The lowest BCUT2D eigenvalue weighted by molar-refractivity contribution is 0.186. The fourth-order valence-corrected chi connectivity index (χ4v) is 4.06. The van der Waals surface area contributed by atoms with Crippen molar-refractivity contribution in [1.82, 2.24) is 15.1 Å². The second-order valence-electron chi connectivity index (χ2n) is 7.55. The third-order valence-corrected chi connectivity index (χ3v) is 5.66. The fraction of sp³-hybridized carbons (Fsp3) is 0.667. The first-order valence-corrected chi connectivity index (χ1v) is 10.5. The molecule has 1 unspecified atom stereocenters. The summed E-state index contributed by atoms with van der Waals surface area (Å²) < 4.78 is 13.1. The molecule has 2 saturated heterocycles. The molecule has 1 aromatic carbocycles. The maximum absolute atomic E-state index is 13.1. The van der Waals surface area contributed by atoms with Crippen molar-refractivity contribution in [3.63, 3.8) is 0 Å². The smallest absolute Gasteiger partial charge is 0.194 e. The molecule has 5 nitrogen and oxygen atoms in total. The van der Waals surface area contributed by atoms with Crippen LogP contribution in [0, 0.1) is 11.7 Å². The van der Waals surface area contributed by atoms with Crippen molar-refractivity contribution in [2.45, 2.75) is 26.7 Å². The standard InChI is InChI=1S/C21H34FN5.HI/c1-3-23-21(24-16-18-6-5-11-25(4-2)17-18)27-14-12-26(13-15-27)20-9-7-19(22)8-10-20;/h7-10,18H,3-6,11-17H2,1-2H3,(H,23,24);1H. The molecule has 0 saturated carbocycles. The van der Waals surface area contributed by atoms with Crippen molar-refractivity contribution in [1.29, 1.82) is 0 Å². The van der Waals surface area contributed by atoms with Gasteiger partial charge in [-0.25, -0.2) is 4.39 Å². The van der Waals surface area contributed by atoms with Crippen LogP contribution in [-0.4, -0.2) is 74.7 Å². The number of piperazine rings is 1. The zero-order chi connectivity index (χ0) is 19.1. The van der Waals surface area contributed by atoms with Crippen molar-refractivity contribution in [2.24, 2.45) is 10.9 Å². The molecule has 0 bridgehead atoms. The molecule has 2 aliphatic rings. The van der Waals surface area contributed by atoms with E-state index in [1.807, 2.05) is 12.1 Å². The maximum atomic E-state index is 13.1. The highest BCUT2D eigenvalue weighted by atomic mass is 127. The highest BCUT2D eigenvalue weighted by molar-refractivity contribution is 14.0. The molecule has 0 amide bonds. The minimum Gasteiger partial charge on any atom is -0.368 e. The SMILES string of the molecule is CCNC(=NCC1CCCN(CC)C1)N1CCN(c2ccc(F)cc2)CC1.I. The second-order valence-corrected chi connectivity index (χ2v) is 7.55. The molecular weight excluding hydrogens is 468 g/mol. The van der Waals surface area contributed by atoms with Gasteiger partial charge in [-0.1, -0.05) is 6.92 Å². The van der Waals surface area contributed by atoms with E-state index in [2.05, 4.69) is 33.9 Å². The molecule has 2 aliphatic heterocycles. The molecule has 158 valence electrons. The molecule has 0 aromatic heterocycles. The molecular formula is C21H35FIN5. The van der Waals surface area contributed by atoms with Crippen molar-refractivity contribution in [2.75, 3.05) is 63.8 Å². The quantitative estimate of drug-likeness (QED) is 0.380. The summed E-state index contributed by atoms with van der Waals surface area (Å²) in [7, 11) is 0. The van der Waals surface area contributed by atoms with E-state index in [4.69, 9.17) is 4.99 Å². The Hall–Kier alpha value is -1.09. The first kappa shape index (κ1) is 23.2. The van der Waals surface area contributed by atoms with Gasteiger partial charge < -0.3 is 20.0 Å². The number of aliphatic imine (C=N–C) groups is 1. The van der Waals surface area contributed by atoms with Gasteiger partial charge in [-0.3, -0.25) is 4.99 Å². The summed E-state index contributed by atoms with van der Waals surface area (Å²) in [6.07, 6.45) is 2.58. The Kier molecular flexibility index (Phi) is 9.77. The van der Waals surface area contributed by atoms with Gasteiger partial charge in [0.2, 0.25) is 0 Å². The molecule has 2 heterocycles. The van der Waals surface area contributed by atoms with Gasteiger partial charge in [-0.2, -0.15) is 0 Å². The summed E-state index contributed by atoms with van der Waals surface area (Å²) in [4.78, 5) is 12.2. The number of nitrogens with one attached hydrogen (secondary N) is 1. The molecule has 1 aromatic rings. The van der Waals surface area contributed by atoms with Crippen LogP contribution in [0.5, 0.6) is 0 Å². The van der Waals surface area contributed by atoms with Gasteiger partial charge in [-0.15, -0.1) is 24.0 Å². The molecule has 2 fully saturated rings. The number of guanidine groups is 1. The summed E-state index contributed by atoms with van der Waals surface area (Å²) in [5, 5.41) is 3.47. The van der Waals surface area contributed by atoms with E-state index in [-0.39, 0.29) is 29.8 Å². The topological polar surface area (TPSA) is 34.1 Å². The molecule has 3 rings (SSSR count). The lowest BCUT2D eigenvalue weighted by Crippen LogP contribution is -2.52. The van der Waals surface area contributed by atoms with E-state index < -0.39 is 0 Å². The summed E-state index contributed by atoms with van der Waals surface area (Å²) >= 11 is 0. The number of halogens is 2. The third-order valence-electron chi connectivity index (χ3n) is 5.66. The third kappa shape index (κ3) is 6.47. The monoisotopic (exact) mass is 503 g/mol. The van der Waals surface area contributed by atoms with E-state index in [1.54, 1.807) is 0 Å². The first-order valence-electron chi connectivity index (χ1n) is 10.5.